The molecular formula is C12H24N2O2. The molecule has 4 heteroatoms. The predicted molar refractivity (Wildman–Crippen MR) is 64.3 cm³/mol. The van der Waals surface area contributed by atoms with Gasteiger partial charge < -0.3 is 15.0 Å². The number of carbonyl (C=O) groups excluding carboxylic acids is 1. The smallest absolute Gasteiger partial charge is 0.222 e. The highest BCUT2D eigenvalue weighted by atomic mass is 16.5. The average molecular weight is 228 g/mol. The molecule has 4 nitrogen and oxygen atoms in total. The molecule has 0 unspecified atom stereocenters. The monoisotopic (exact) mass is 228 g/mol. The third-order valence-corrected chi connectivity index (χ3v) is 3.02. The van der Waals surface area contributed by atoms with Crippen molar-refractivity contribution in [2.45, 2.75) is 25.7 Å². The molecule has 1 heterocycles. The number of amides is 1. The summed E-state index contributed by atoms with van der Waals surface area (Å²) in [5.41, 5.74) is 0. The summed E-state index contributed by atoms with van der Waals surface area (Å²) in [5, 5.41) is 3.42. The summed E-state index contributed by atoms with van der Waals surface area (Å²) >= 11 is 0. The van der Waals surface area contributed by atoms with Gasteiger partial charge in [0.1, 0.15) is 0 Å². The molecule has 0 spiro atoms. The molecule has 1 aliphatic rings. The maximum atomic E-state index is 11.3. The lowest BCUT2D eigenvalue weighted by Crippen LogP contribution is -2.29. The van der Waals surface area contributed by atoms with Gasteiger partial charge in [0.15, 0.2) is 0 Å². The van der Waals surface area contributed by atoms with Gasteiger partial charge in [0, 0.05) is 33.7 Å². The van der Waals surface area contributed by atoms with Gasteiger partial charge in [-0.25, -0.2) is 0 Å². The molecule has 0 saturated carbocycles. The van der Waals surface area contributed by atoms with Crippen molar-refractivity contribution in [1.82, 2.24) is 10.2 Å². The lowest BCUT2D eigenvalue weighted by Gasteiger charge is -2.22. The fourth-order valence-electron chi connectivity index (χ4n) is 1.84. The van der Waals surface area contributed by atoms with Crippen LogP contribution in [-0.4, -0.2) is 51.2 Å². The van der Waals surface area contributed by atoms with Crippen molar-refractivity contribution < 1.29 is 9.53 Å². The lowest BCUT2D eigenvalue weighted by atomic mass is 10.0. The van der Waals surface area contributed by atoms with Gasteiger partial charge in [0.25, 0.3) is 0 Å². The molecule has 0 aromatic heterocycles. The minimum atomic E-state index is 0.216. The average Bonchev–Trinajstić information content (AvgIpc) is 2.29. The number of hydrogen-bond acceptors (Lipinski definition) is 3. The normalized spacial score (nSPS) is 17.4. The van der Waals surface area contributed by atoms with E-state index in [-0.39, 0.29) is 5.91 Å². The summed E-state index contributed by atoms with van der Waals surface area (Å²) in [7, 11) is 3.61. The zero-order chi connectivity index (χ0) is 11.8. The van der Waals surface area contributed by atoms with Crippen molar-refractivity contribution in [3.8, 4) is 0 Å². The SMILES string of the molecule is CN(C)C(=O)CCCNCC1CCOCC1. The number of ether oxygens (including phenoxy) is 1. The Morgan fingerprint density at radius 1 is 1.38 bits per heavy atom. The standard InChI is InChI=1S/C12H24N2O2/c1-14(2)12(15)4-3-7-13-10-11-5-8-16-9-6-11/h11,13H,3-10H2,1-2H3. The van der Waals surface area contributed by atoms with Gasteiger partial charge in [-0.05, 0) is 38.3 Å². The van der Waals surface area contributed by atoms with E-state index in [2.05, 4.69) is 5.32 Å². The number of rotatable bonds is 6. The van der Waals surface area contributed by atoms with Crippen LogP contribution in [0.2, 0.25) is 0 Å². The van der Waals surface area contributed by atoms with E-state index in [0.717, 1.165) is 38.6 Å². The maximum Gasteiger partial charge on any atom is 0.222 e. The van der Waals surface area contributed by atoms with Crippen molar-refractivity contribution in [3.05, 3.63) is 0 Å². The number of carbonyl (C=O) groups is 1. The fourth-order valence-corrected chi connectivity index (χ4v) is 1.84. The molecule has 16 heavy (non-hydrogen) atoms. The van der Waals surface area contributed by atoms with E-state index in [1.54, 1.807) is 19.0 Å². The Kier molecular flexibility index (Phi) is 6.42. The second-order valence-corrected chi connectivity index (χ2v) is 4.65. The highest BCUT2D eigenvalue weighted by Gasteiger charge is 2.12. The molecule has 1 saturated heterocycles. The van der Waals surface area contributed by atoms with E-state index < -0.39 is 0 Å². The summed E-state index contributed by atoms with van der Waals surface area (Å²) in [5.74, 6) is 0.978. The van der Waals surface area contributed by atoms with Crippen molar-refractivity contribution in [1.29, 1.82) is 0 Å². The molecule has 1 aliphatic heterocycles. The van der Waals surface area contributed by atoms with Gasteiger partial charge in [-0.15, -0.1) is 0 Å². The van der Waals surface area contributed by atoms with Crippen molar-refractivity contribution in [2.75, 3.05) is 40.4 Å². The Balaban J connectivity index is 1.93. The summed E-state index contributed by atoms with van der Waals surface area (Å²) in [6.45, 7) is 3.83. The molecular weight excluding hydrogens is 204 g/mol. The van der Waals surface area contributed by atoms with Crippen molar-refractivity contribution in [3.63, 3.8) is 0 Å². The van der Waals surface area contributed by atoms with Crippen LogP contribution in [0.3, 0.4) is 0 Å². The second kappa shape index (κ2) is 7.63. The molecule has 0 atom stereocenters. The molecule has 0 aromatic rings. The van der Waals surface area contributed by atoms with Gasteiger partial charge in [0.2, 0.25) is 5.91 Å². The molecule has 0 aliphatic carbocycles. The molecule has 0 aromatic carbocycles. The van der Waals surface area contributed by atoms with Gasteiger partial charge in [-0.3, -0.25) is 4.79 Å². The van der Waals surface area contributed by atoms with Gasteiger partial charge in [-0.1, -0.05) is 0 Å². The molecule has 0 bridgehead atoms. The van der Waals surface area contributed by atoms with Gasteiger partial charge in [-0.2, -0.15) is 0 Å². The largest absolute Gasteiger partial charge is 0.381 e. The minimum absolute atomic E-state index is 0.216. The first-order valence-corrected chi connectivity index (χ1v) is 6.18. The highest BCUT2D eigenvalue weighted by molar-refractivity contribution is 5.75. The van der Waals surface area contributed by atoms with Crippen LogP contribution in [0.25, 0.3) is 0 Å². The van der Waals surface area contributed by atoms with Crippen LogP contribution in [0, 0.1) is 5.92 Å². The van der Waals surface area contributed by atoms with Crippen LogP contribution < -0.4 is 5.32 Å². The molecule has 0 radical (unpaired) electrons. The lowest BCUT2D eigenvalue weighted by molar-refractivity contribution is -0.128. The van der Waals surface area contributed by atoms with E-state index in [1.165, 1.54) is 12.8 Å². The van der Waals surface area contributed by atoms with Crippen LogP contribution in [0.4, 0.5) is 0 Å². The third kappa shape index (κ3) is 5.47. The van der Waals surface area contributed by atoms with E-state index in [0.29, 0.717) is 6.42 Å². The number of nitrogens with zero attached hydrogens (tertiary/aromatic N) is 1. The van der Waals surface area contributed by atoms with Gasteiger partial charge in [0.05, 0.1) is 0 Å². The topological polar surface area (TPSA) is 41.6 Å². The second-order valence-electron chi connectivity index (χ2n) is 4.65. The van der Waals surface area contributed by atoms with Crippen LogP contribution in [0.1, 0.15) is 25.7 Å². The Labute approximate surface area is 98.3 Å². The Morgan fingerprint density at radius 2 is 2.06 bits per heavy atom. The van der Waals surface area contributed by atoms with Crippen molar-refractivity contribution >= 4 is 5.91 Å². The molecule has 1 N–H and O–H groups in total. The van der Waals surface area contributed by atoms with Crippen LogP contribution >= 0.6 is 0 Å². The highest BCUT2D eigenvalue weighted by Crippen LogP contribution is 2.12. The Morgan fingerprint density at radius 3 is 2.69 bits per heavy atom. The Bertz CT molecular complexity index is 201. The Hall–Kier alpha value is -0.610. The zero-order valence-electron chi connectivity index (χ0n) is 10.5. The molecule has 1 amide bonds. The molecule has 1 rings (SSSR count). The van der Waals surface area contributed by atoms with Crippen LogP contribution in [0.5, 0.6) is 0 Å². The van der Waals surface area contributed by atoms with E-state index in [4.69, 9.17) is 4.74 Å². The van der Waals surface area contributed by atoms with E-state index in [1.807, 2.05) is 0 Å². The predicted octanol–water partition coefficient (Wildman–Crippen LogP) is 0.871. The van der Waals surface area contributed by atoms with E-state index >= 15 is 0 Å². The molecule has 94 valence electrons. The van der Waals surface area contributed by atoms with E-state index in [9.17, 15) is 4.79 Å². The van der Waals surface area contributed by atoms with Gasteiger partial charge >= 0.3 is 0 Å². The zero-order valence-corrected chi connectivity index (χ0v) is 10.5. The van der Waals surface area contributed by atoms with Crippen LogP contribution in [0.15, 0.2) is 0 Å². The maximum absolute atomic E-state index is 11.3. The third-order valence-electron chi connectivity index (χ3n) is 3.02. The number of nitrogens with one attached hydrogen (secondary N) is 1. The summed E-state index contributed by atoms with van der Waals surface area (Å²) in [6.07, 6.45) is 3.92. The first-order chi connectivity index (χ1) is 7.70. The summed E-state index contributed by atoms with van der Waals surface area (Å²) in [6, 6.07) is 0. The number of hydrogen-bond donors (Lipinski definition) is 1. The summed E-state index contributed by atoms with van der Waals surface area (Å²) < 4.78 is 5.31. The minimum Gasteiger partial charge on any atom is -0.381 e. The first kappa shape index (κ1) is 13.5. The van der Waals surface area contributed by atoms with Crippen LogP contribution in [-0.2, 0) is 9.53 Å². The first-order valence-electron chi connectivity index (χ1n) is 6.18. The fraction of sp³-hybridized carbons (Fsp3) is 0.917. The summed E-state index contributed by atoms with van der Waals surface area (Å²) in [4.78, 5) is 12.9. The quantitative estimate of drug-likeness (QED) is 0.686. The molecule has 1 fully saturated rings. The van der Waals surface area contributed by atoms with Crippen molar-refractivity contribution in [2.24, 2.45) is 5.92 Å².